The molecule has 0 saturated carbocycles. The molecule has 0 aromatic carbocycles. The lowest BCUT2D eigenvalue weighted by molar-refractivity contribution is 0.666. The monoisotopic (exact) mass is 191 g/mol. The van der Waals surface area contributed by atoms with E-state index in [1.54, 1.807) is 6.20 Å². The summed E-state index contributed by atoms with van der Waals surface area (Å²) >= 11 is 0. The molecule has 0 aliphatic heterocycles. The molecule has 2 N–H and O–H groups in total. The van der Waals surface area contributed by atoms with Crippen LogP contribution in [-0.2, 0) is 6.54 Å². The van der Waals surface area contributed by atoms with E-state index in [1.807, 2.05) is 24.6 Å². The molecule has 0 saturated heterocycles. The second kappa shape index (κ2) is 4.30. The largest absolute Gasteiger partial charge is 0.324 e. The van der Waals surface area contributed by atoms with Crippen LogP contribution in [-0.4, -0.2) is 15.1 Å². The highest BCUT2D eigenvalue weighted by Crippen LogP contribution is 1.99. The Kier molecular flexibility index (Phi) is 3.32. The van der Waals surface area contributed by atoms with Gasteiger partial charge in [0, 0.05) is 18.9 Å². The Bertz CT molecular complexity index is 347. The highest BCUT2D eigenvalue weighted by atomic mass is 15.0. The summed E-state index contributed by atoms with van der Waals surface area (Å²) in [6.45, 7) is 6.85. The molecule has 0 bridgehead atoms. The van der Waals surface area contributed by atoms with Crippen LogP contribution in [0.2, 0.25) is 0 Å². The van der Waals surface area contributed by atoms with E-state index >= 15 is 0 Å². The zero-order chi connectivity index (χ0) is 10.6. The summed E-state index contributed by atoms with van der Waals surface area (Å²) in [5, 5.41) is 0. The molecule has 1 aromatic heterocycles. The van der Waals surface area contributed by atoms with Crippen LogP contribution in [0, 0.1) is 11.8 Å². The van der Waals surface area contributed by atoms with E-state index in [0.29, 0.717) is 0 Å². The molecular weight excluding hydrogens is 174 g/mol. The first-order valence-corrected chi connectivity index (χ1v) is 4.86. The molecule has 76 valence electrons. The van der Waals surface area contributed by atoms with Gasteiger partial charge in [-0.15, -0.1) is 0 Å². The van der Waals surface area contributed by atoms with Gasteiger partial charge in [0.2, 0.25) is 0 Å². The van der Waals surface area contributed by atoms with Crippen LogP contribution in [0.5, 0.6) is 0 Å². The fourth-order valence-electron chi connectivity index (χ4n) is 1.07. The van der Waals surface area contributed by atoms with Crippen LogP contribution >= 0.6 is 0 Å². The predicted octanol–water partition coefficient (Wildman–Crippen LogP) is 1.38. The van der Waals surface area contributed by atoms with Crippen LogP contribution in [0.1, 0.15) is 33.0 Å². The van der Waals surface area contributed by atoms with Crippen molar-refractivity contribution in [2.24, 2.45) is 5.73 Å². The Morgan fingerprint density at radius 2 is 2.29 bits per heavy atom. The summed E-state index contributed by atoms with van der Waals surface area (Å²) in [5.41, 5.74) is 5.31. The predicted molar refractivity (Wildman–Crippen MR) is 57.7 cm³/mol. The molecule has 3 heteroatoms. The summed E-state index contributed by atoms with van der Waals surface area (Å²) < 4.78 is 2.04. The smallest absolute Gasteiger partial charge is 0.185 e. The SMILES string of the molecule is CCCn1ccnc1C#CC(C)(C)N. The standard InChI is InChI=1S/C11H17N3/c1-4-8-14-9-7-13-10(14)5-6-11(2,3)12/h7,9H,4,8,12H2,1-3H3. The minimum atomic E-state index is -0.455. The summed E-state index contributed by atoms with van der Waals surface area (Å²) in [6.07, 6.45) is 4.79. The third-order valence-corrected chi connectivity index (χ3v) is 1.68. The molecule has 1 rings (SSSR count). The van der Waals surface area contributed by atoms with Gasteiger partial charge in [0.25, 0.3) is 0 Å². The zero-order valence-corrected chi connectivity index (χ0v) is 9.04. The first-order chi connectivity index (χ1) is 6.53. The van der Waals surface area contributed by atoms with Crippen molar-refractivity contribution in [2.75, 3.05) is 0 Å². The van der Waals surface area contributed by atoms with Gasteiger partial charge in [-0.2, -0.15) is 0 Å². The number of nitrogens with two attached hydrogens (primary N) is 1. The lowest BCUT2D eigenvalue weighted by atomic mass is 10.1. The molecule has 0 spiro atoms. The summed E-state index contributed by atoms with van der Waals surface area (Å²) in [6, 6.07) is 0. The molecule has 0 amide bonds. The molecule has 1 aromatic rings. The van der Waals surface area contributed by atoms with E-state index in [4.69, 9.17) is 5.73 Å². The van der Waals surface area contributed by atoms with Crippen molar-refractivity contribution >= 4 is 0 Å². The van der Waals surface area contributed by atoms with E-state index in [0.717, 1.165) is 18.8 Å². The average molecular weight is 191 g/mol. The third-order valence-electron chi connectivity index (χ3n) is 1.68. The maximum Gasteiger partial charge on any atom is 0.185 e. The Morgan fingerprint density at radius 1 is 1.57 bits per heavy atom. The van der Waals surface area contributed by atoms with Crippen molar-refractivity contribution in [3.63, 3.8) is 0 Å². The second-order valence-electron chi connectivity index (χ2n) is 3.92. The molecule has 3 nitrogen and oxygen atoms in total. The first kappa shape index (κ1) is 10.8. The van der Waals surface area contributed by atoms with Crippen LogP contribution in [0.25, 0.3) is 0 Å². The quantitative estimate of drug-likeness (QED) is 0.718. The fourth-order valence-corrected chi connectivity index (χ4v) is 1.07. The van der Waals surface area contributed by atoms with E-state index in [-0.39, 0.29) is 0 Å². The highest BCUT2D eigenvalue weighted by molar-refractivity contribution is 5.26. The minimum absolute atomic E-state index is 0.455. The van der Waals surface area contributed by atoms with Gasteiger partial charge in [0.1, 0.15) is 0 Å². The van der Waals surface area contributed by atoms with Gasteiger partial charge in [0.15, 0.2) is 5.82 Å². The molecule has 0 aliphatic carbocycles. The van der Waals surface area contributed by atoms with Gasteiger partial charge in [-0.05, 0) is 26.2 Å². The lowest BCUT2D eigenvalue weighted by Gasteiger charge is -2.07. The van der Waals surface area contributed by atoms with Gasteiger partial charge in [-0.3, -0.25) is 0 Å². The van der Waals surface area contributed by atoms with Crippen molar-refractivity contribution in [3.8, 4) is 11.8 Å². The topological polar surface area (TPSA) is 43.8 Å². The summed E-state index contributed by atoms with van der Waals surface area (Å²) in [5.74, 6) is 6.76. The van der Waals surface area contributed by atoms with Gasteiger partial charge in [0.05, 0.1) is 5.54 Å². The maximum absolute atomic E-state index is 5.77. The van der Waals surface area contributed by atoms with Gasteiger partial charge < -0.3 is 10.3 Å². The Balaban J connectivity index is 2.84. The van der Waals surface area contributed by atoms with E-state index in [9.17, 15) is 0 Å². The third kappa shape index (κ3) is 3.23. The van der Waals surface area contributed by atoms with Crippen LogP contribution in [0.4, 0.5) is 0 Å². The number of nitrogens with zero attached hydrogens (tertiary/aromatic N) is 2. The van der Waals surface area contributed by atoms with E-state index < -0.39 is 5.54 Å². The van der Waals surface area contributed by atoms with Crippen LogP contribution in [0.3, 0.4) is 0 Å². The Morgan fingerprint density at radius 3 is 2.86 bits per heavy atom. The van der Waals surface area contributed by atoms with Crippen molar-refractivity contribution < 1.29 is 0 Å². The average Bonchev–Trinajstić information content (AvgIpc) is 2.48. The Hall–Kier alpha value is -1.27. The lowest BCUT2D eigenvalue weighted by Crippen LogP contribution is -2.29. The molecular formula is C11H17N3. The number of aromatic nitrogens is 2. The minimum Gasteiger partial charge on any atom is -0.324 e. The Labute approximate surface area is 85.3 Å². The second-order valence-corrected chi connectivity index (χ2v) is 3.92. The van der Waals surface area contributed by atoms with Crippen molar-refractivity contribution in [1.29, 1.82) is 0 Å². The van der Waals surface area contributed by atoms with Crippen molar-refractivity contribution in [2.45, 2.75) is 39.3 Å². The number of rotatable bonds is 2. The van der Waals surface area contributed by atoms with Crippen LogP contribution in [0.15, 0.2) is 12.4 Å². The molecule has 0 aliphatic rings. The molecule has 14 heavy (non-hydrogen) atoms. The van der Waals surface area contributed by atoms with Crippen molar-refractivity contribution in [1.82, 2.24) is 9.55 Å². The van der Waals surface area contributed by atoms with E-state index in [2.05, 4.69) is 23.7 Å². The normalized spacial score (nSPS) is 10.9. The molecule has 0 unspecified atom stereocenters. The number of hydrogen-bond donors (Lipinski definition) is 1. The number of aryl methyl sites for hydroxylation is 1. The van der Waals surface area contributed by atoms with E-state index in [1.165, 1.54) is 0 Å². The first-order valence-electron chi connectivity index (χ1n) is 4.86. The molecule has 1 heterocycles. The number of hydrogen-bond acceptors (Lipinski definition) is 2. The zero-order valence-electron chi connectivity index (χ0n) is 9.04. The summed E-state index contributed by atoms with van der Waals surface area (Å²) in [7, 11) is 0. The van der Waals surface area contributed by atoms with Gasteiger partial charge in [-0.25, -0.2) is 4.98 Å². The highest BCUT2D eigenvalue weighted by Gasteiger charge is 2.04. The maximum atomic E-state index is 5.77. The molecule has 0 radical (unpaired) electrons. The summed E-state index contributed by atoms with van der Waals surface area (Å²) in [4.78, 5) is 4.17. The van der Waals surface area contributed by atoms with Gasteiger partial charge >= 0.3 is 0 Å². The van der Waals surface area contributed by atoms with Crippen molar-refractivity contribution in [3.05, 3.63) is 18.2 Å². The molecule has 0 atom stereocenters. The number of imidazole rings is 1. The van der Waals surface area contributed by atoms with Gasteiger partial charge in [-0.1, -0.05) is 12.8 Å². The molecule has 0 fully saturated rings. The van der Waals surface area contributed by atoms with Crippen LogP contribution < -0.4 is 5.73 Å². The fraction of sp³-hybridized carbons (Fsp3) is 0.545.